The van der Waals surface area contributed by atoms with Gasteiger partial charge in [-0.2, -0.15) is 5.26 Å². The van der Waals surface area contributed by atoms with E-state index in [-0.39, 0.29) is 5.91 Å². The van der Waals surface area contributed by atoms with Crippen molar-refractivity contribution in [3.05, 3.63) is 89.5 Å². The molecule has 0 aliphatic rings. The van der Waals surface area contributed by atoms with Crippen LogP contribution in [0, 0.1) is 11.3 Å². The average molecular weight is 373 g/mol. The molecule has 0 bridgehead atoms. The molecule has 3 rings (SSSR count). The van der Waals surface area contributed by atoms with Crippen molar-refractivity contribution in [1.82, 2.24) is 0 Å². The van der Waals surface area contributed by atoms with E-state index in [0.29, 0.717) is 22.4 Å². The lowest BCUT2D eigenvalue weighted by Crippen LogP contribution is -2.14. The molecule has 27 heavy (non-hydrogen) atoms. The van der Waals surface area contributed by atoms with Gasteiger partial charge in [0.2, 0.25) is 5.91 Å². The topological polar surface area (TPSA) is 96.0 Å². The van der Waals surface area contributed by atoms with E-state index < -0.39 is 5.91 Å². The lowest BCUT2D eigenvalue weighted by atomic mass is 10.1. The monoisotopic (exact) mass is 373 g/mol. The standard InChI is InChI=1S/C21H15N3O2S/c22-13-15-5-1-3-7-18(15)27-19-8-4-2-6-17(19)21(26)24-16-11-9-14(10-12-16)20(23)25/h1-12H,(H2,23,25)(H,24,26). The summed E-state index contributed by atoms with van der Waals surface area (Å²) < 4.78 is 0. The average Bonchev–Trinajstić information content (AvgIpc) is 2.69. The molecule has 3 aromatic rings. The van der Waals surface area contributed by atoms with Crippen LogP contribution in [0.25, 0.3) is 0 Å². The van der Waals surface area contributed by atoms with Crippen molar-refractivity contribution in [1.29, 1.82) is 5.26 Å². The van der Waals surface area contributed by atoms with Crippen molar-refractivity contribution < 1.29 is 9.59 Å². The quantitative estimate of drug-likeness (QED) is 0.705. The Labute approximate surface area is 160 Å². The molecule has 0 unspecified atom stereocenters. The fraction of sp³-hybridized carbons (Fsp3) is 0. The summed E-state index contributed by atoms with van der Waals surface area (Å²) in [6.45, 7) is 0. The van der Waals surface area contributed by atoms with Gasteiger partial charge in [0.15, 0.2) is 0 Å². The minimum Gasteiger partial charge on any atom is -0.366 e. The molecule has 6 heteroatoms. The Morgan fingerprint density at radius 3 is 2.19 bits per heavy atom. The maximum atomic E-state index is 12.7. The van der Waals surface area contributed by atoms with Crippen LogP contribution in [0.2, 0.25) is 0 Å². The molecule has 0 atom stereocenters. The second-order valence-electron chi connectivity index (χ2n) is 5.60. The van der Waals surface area contributed by atoms with E-state index in [9.17, 15) is 14.9 Å². The summed E-state index contributed by atoms with van der Waals surface area (Å²) in [5.74, 6) is -0.801. The number of primary amides is 1. The zero-order valence-electron chi connectivity index (χ0n) is 14.2. The van der Waals surface area contributed by atoms with E-state index in [0.717, 1.165) is 9.79 Å². The first-order valence-electron chi connectivity index (χ1n) is 8.05. The molecule has 3 N–H and O–H groups in total. The third-order valence-corrected chi connectivity index (χ3v) is 4.94. The molecule has 0 saturated carbocycles. The first-order valence-corrected chi connectivity index (χ1v) is 8.87. The van der Waals surface area contributed by atoms with Gasteiger partial charge in [0, 0.05) is 21.0 Å². The normalized spacial score (nSPS) is 10.0. The molecular weight excluding hydrogens is 358 g/mol. The van der Waals surface area contributed by atoms with Gasteiger partial charge in [-0.25, -0.2) is 0 Å². The van der Waals surface area contributed by atoms with Gasteiger partial charge in [-0.05, 0) is 48.5 Å². The predicted octanol–water partition coefficient (Wildman–Crippen LogP) is 4.06. The van der Waals surface area contributed by atoms with Gasteiger partial charge >= 0.3 is 0 Å². The maximum absolute atomic E-state index is 12.7. The molecule has 0 aliphatic carbocycles. The maximum Gasteiger partial charge on any atom is 0.256 e. The highest BCUT2D eigenvalue weighted by Gasteiger charge is 2.14. The summed E-state index contributed by atoms with van der Waals surface area (Å²) in [7, 11) is 0. The number of nitrogens with one attached hydrogen (secondary N) is 1. The van der Waals surface area contributed by atoms with Crippen LogP contribution < -0.4 is 11.1 Å². The number of anilines is 1. The Hall–Kier alpha value is -3.56. The Balaban J connectivity index is 1.83. The largest absolute Gasteiger partial charge is 0.366 e. The van der Waals surface area contributed by atoms with Crippen molar-refractivity contribution in [2.24, 2.45) is 5.73 Å². The van der Waals surface area contributed by atoms with Gasteiger partial charge in [-0.3, -0.25) is 9.59 Å². The molecule has 0 radical (unpaired) electrons. The highest BCUT2D eigenvalue weighted by molar-refractivity contribution is 7.99. The first-order chi connectivity index (χ1) is 13.1. The van der Waals surface area contributed by atoms with Crippen molar-refractivity contribution in [3.63, 3.8) is 0 Å². The van der Waals surface area contributed by atoms with Crippen LogP contribution in [0.15, 0.2) is 82.6 Å². The van der Waals surface area contributed by atoms with Gasteiger partial charge in [0.25, 0.3) is 5.91 Å². The van der Waals surface area contributed by atoms with Crippen LogP contribution in [0.5, 0.6) is 0 Å². The molecule has 5 nitrogen and oxygen atoms in total. The first kappa shape index (κ1) is 18.2. The highest BCUT2D eigenvalue weighted by Crippen LogP contribution is 2.32. The molecule has 2 amide bonds. The second kappa shape index (κ2) is 8.21. The van der Waals surface area contributed by atoms with E-state index in [2.05, 4.69) is 11.4 Å². The van der Waals surface area contributed by atoms with Gasteiger partial charge in [-0.15, -0.1) is 0 Å². The minimum atomic E-state index is -0.522. The zero-order chi connectivity index (χ0) is 19.2. The number of carbonyl (C=O) groups excluding carboxylic acids is 2. The van der Waals surface area contributed by atoms with Crippen LogP contribution in [0.4, 0.5) is 5.69 Å². The third kappa shape index (κ3) is 4.35. The molecule has 0 fully saturated rings. The summed E-state index contributed by atoms with van der Waals surface area (Å²) in [5, 5.41) is 12.1. The van der Waals surface area contributed by atoms with Crippen LogP contribution in [-0.4, -0.2) is 11.8 Å². The van der Waals surface area contributed by atoms with Crippen LogP contribution in [0.3, 0.4) is 0 Å². The van der Waals surface area contributed by atoms with Crippen molar-refractivity contribution >= 4 is 29.3 Å². The molecule has 3 aromatic carbocycles. The van der Waals surface area contributed by atoms with Gasteiger partial charge in [0.05, 0.1) is 11.1 Å². The summed E-state index contributed by atoms with van der Waals surface area (Å²) in [5.41, 5.74) is 7.20. The van der Waals surface area contributed by atoms with Gasteiger partial charge in [-0.1, -0.05) is 36.0 Å². The number of hydrogen-bond donors (Lipinski definition) is 2. The number of nitrogens with zero attached hydrogens (tertiary/aromatic N) is 1. The zero-order valence-corrected chi connectivity index (χ0v) is 15.0. The van der Waals surface area contributed by atoms with Crippen LogP contribution in [0.1, 0.15) is 26.3 Å². The number of nitriles is 1. The summed E-state index contributed by atoms with van der Waals surface area (Å²) >= 11 is 1.37. The van der Waals surface area contributed by atoms with Crippen molar-refractivity contribution in [2.45, 2.75) is 9.79 Å². The smallest absolute Gasteiger partial charge is 0.256 e. The molecule has 0 spiro atoms. The summed E-state index contributed by atoms with van der Waals surface area (Å²) in [4.78, 5) is 25.4. The number of rotatable bonds is 5. The SMILES string of the molecule is N#Cc1ccccc1Sc1ccccc1C(=O)Nc1ccc(C(N)=O)cc1. The summed E-state index contributed by atoms with van der Waals surface area (Å²) in [6, 6.07) is 23.0. The lowest BCUT2D eigenvalue weighted by Gasteiger charge is -2.11. The van der Waals surface area contributed by atoms with E-state index in [1.54, 1.807) is 48.5 Å². The number of amides is 2. The lowest BCUT2D eigenvalue weighted by molar-refractivity contribution is 0.0998. The van der Waals surface area contributed by atoms with Crippen molar-refractivity contribution in [2.75, 3.05) is 5.32 Å². The molecular formula is C21H15N3O2S. The Morgan fingerprint density at radius 1 is 0.889 bits per heavy atom. The fourth-order valence-corrected chi connectivity index (χ4v) is 3.45. The van der Waals surface area contributed by atoms with E-state index in [4.69, 9.17) is 5.73 Å². The van der Waals surface area contributed by atoms with Gasteiger partial charge < -0.3 is 11.1 Å². The van der Waals surface area contributed by atoms with Crippen LogP contribution >= 0.6 is 11.8 Å². The fourth-order valence-electron chi connectivity index (χ4n) is 2.43. The molecule has 0 heterocycles. The number of carbonyl (C=O) groups is 2. The number of nitrogens with two attached hydrogens (primary N) is 1. The highest BCUT2D eigenvalue weighted by atomic mass is 32.2. The third-order valence-electron chi connectivity index (χ3n) is 3.79. The Bertz CT molecular complexity index is 1040. The molecule has 0 aliphatic heterocycles. The van der Waals surface area contributed by atoms with E-state index in [1.807, 2.05) is 24.3 Å². The second-order valence-corrected chi connectivity index (χ2v) is 6.69. The predicted molar refractivity (Wildman–Crippen MR) is 105 cm³/mol. The molecule has 0 saturated heterocycles. The Kier molecular flexibility index (Phi) is 5.55. The number of benzene rings is 3. The molecule has 0 aromatic heterocycles. The number of hydrogen-bond acceptors (Lipinski definition) is 4. The summed E-state index contributed by atoms with van der Waals surface area (Å²) in [6.07, 6.45) is 0. The van der Waals surface area contributed by atoms with Gasteiger partial charge in [0.1, 0.15) is 6.07 Å². The van der Waals surface area contributed by atoms with E-state index >= 15 is 0 Å². The van der Waals surface area contributed by atoms with Crippen LogP contribution in [-0.2, 0) is 0 Å². The molecule has 132 valence electrons. The van der Waals surface area contributed by atoms with E-state index in [1.165, 1.54) is 11.8 Å². The van der Waals surface area contributed by atoms with Crippen molar-refractivity contribution in [3.8, 4) is 6.07 Å². The minimum absolute atomic E-state index is 0.278. The Morgan fingerprint density at radius 2 is 1.52 bits per heavy atom.